The number of nitrogens with one attached hydrogen (secondary N) is 1. The number of fused-ring (bicyclic) bond motifs is 1. The molecule has 0 unspecified atom stereocenters. The van der Waals surface area contributed by atoms with Gasteiger partial charge in [-0.05, 0) is 40.5 Å². The Morgan fingerprint density at radius 1 is 0.714 bits per heavy atom. The van der Waals surface area contributed by atoms with E-state index in [9.17, 15) is 9.59 Å². The van der Waals surface area contributed by atoms with Gasteiger partial charge in [0.1, 0.15) is 0 Å². The van der Waals surface area contributed by atoms with Crippen LogP contribution in [0.3, 0.4) is 0 Å². The molecule has 35 heavy (non-hydrogen) atoms. The van der Waals surface area contributed by atoms with Crippen LogP contribution in [0.1, 0.15) is 21.5 Å². The predicted molar refractivity (Wildman–Crippen MR) is 141 cm³/mol. The molecule has 5 heteroatoms. The molecule has 1 N–H and O–H groups in total. The van der Waals surface area contributed by atoms with Crippen molar-refractivity contribution in [3.05, 3.63) is 114 Å². The van der Waals surface area contributed by atoms with Gasteiger partial charge in [0.05, 0.1) is 6.54 Å². The van der Waals surface area contributed by atoms with Crippen molar-refractivity contribution in [3.63, 3.8) is 0 Å². The average molecular weight is 464 g/mol. The summed E-state index contributed by atoms with van der Waals surface area (Å²) >= 11 is 0. The van der Waals surface area contributed by atoms with E-state index in [1.54, 1.807) is 0 Å². The van der Waals surface area contributed by atoms with Gasteiger partial charge in [0.25, 0.3) is 5.91 Å². The first-order valence-electron chi connectivity index (χ1n) is 12.1. The monoisotopic (exact) mass is 463 g/mol. The summed E-state index contributed by atoms with van der Waals surface area (Å²) in [4.78, 5) is 30.0. The molecule has 4 aromatic rings. The summed E-state index contributed by atoms with van der Waals surface area (Å²) < 4.78 is 0. The van der Waals surface area contributed by atoms with Crippen LogP contribution in [0.25, 0.3) is 10.8 Å². The summed E-state index contributed by atoms with van der Waals surface area (Å²) in [7, 11) is 0. The normalized spacial score (nSPS) is 14.1. The second kappa shape index (κ2) is 10.5. The molecule has 0 aromatic heterocycles. The molecule has 0 saturated carbocycles. The molecule has 1 heterocycles. The van der Waals surface area contributed by atoms with Crippen LogP contribution in [0, 0.1) is 0 Å². The summed E-state index contributed by atoms with van der Waals surface area (Å²) in [6.07, 6.45) is 0.770. The van der Waals surface area contributed by atoms with Crippen molar-refractivity contribution in [2.24, 2.45) is 0 Å². The van der Waals surface area contributed by atoms with Crippen LogP contribution in [-0.4, -0.2) is 54.3 Å². The molecule has 1 saturated heterocycles. The first kappa shape index (κ1) is 22.8. The van der Waals surface area contributed by atoms with Gasteiger partial charge in [-0.25, -0.2) is 0 Å². The number of amides is 2. The molecule has 1 aliphatic rings. The molecule has 4 aromatic carbocycles. The number of piperazine rings is 1. The smallest absolute Gasteiger partial charge is 0.254 e. The SMILES string of the molecule is O=C(CN1CCN(C(=O)c2cccc3ccccc23)CC1)Nc1ccccc1Cc1ccccc1. The fourth-order valence-corrected chi connectivity index (χ4v) is 4.70. The van der Waals surface area contributed by atoms with E-state index in [4.69, 9.17) is 0 Å². The summed E-state index contributed by atoms with van der Waals surface area (Å²) in [5.74, 6) is 0.0279. The maximum absolute atomic E-state index is 13.2. The van der Waals surface area contributed by atoms with Crippen molar-refractivity contribution in [2.75, 3.05) is 38.0 Å². The summed E-state index contributed by atoms with van der Waals surface area (Å²) in [6, 6.07) is 32.1. The first-order chi connectivity index (χ1) is 17.2. The van der Waals surface area contributed by atoms with Gasteiger partial charge in [0, 0.05) is 37.4 Å². The topological polar surface area (TPSA) is 52.7 Å². The number of nitrogens with zero attached hydrogens (tertiary/aromatic N) is 2. The Bertz CT molecular complexity index is 1320. The second-order valence-electron chi connectivity index (χ2n) is 8.96. The van der Waals surface area contributed by atoms with Gasteiger partial charge in [-0.15, -0.1) is 0 Å². The highest BCUT2D eigenvalue weighted by Gasteiger charge is 2.24. The zero-order valence-corrected chi connectivity index (χ0v) is 19.7. The largest absolute Gasteiger partial charge is 0.336 e. The highest BCUT2D eigenvalue weighted by atomic mass is 16.2. The maximum atomic E-state index is 13.2. The lowest BCUT2D eigenvalue weighted by Gasteiger charge is -2.34. The Morgan fingerprint density at radius 3 is 2.23 bits per heavy atom. The predicted octanol–water partition coefficient (Wildman–Crippen LogP) is 4.83. The van der Waals surface area contributed by atoms with Crippen molar-refractivity contribution in [1.82, 2.24) is 9.80 Å². The summed E-state index contributed by atoms with van der Waals surface area (Å²) in [5, 5.41) is 5.15. The van der Waals surface area contributed by atoms with Crippen LogP contribution < -0.4 is 5.32 Å². The lowest BCUT2D eigenvalue weighted by atomic mass is 10.0. The van der Waals surface area contributed by atoms with Crippen molar-refractivity contribution in [2.45, 2.75) is 6.42 Å². The molecule has 2 amide bonds. The van der Waals surface area contributed by atoms with Crippen LogP contribution in [0.2, 0.25) is 0 Å². The minimum Gasteiger partial charge on any atom is -0.336 e. The van der Waals surface area contributed by atoms with E-state index in [2.05, 4.69) is 28.4 Å². The number of anilines is 1. The fraction of sp³-hybridized carbons (Fsp3) is 0.200. The molecule has 1 aliphatic heterocycles. The highest BCUT2D eigenvalue weighted by molar-refractivity contribution is 6.07. The molecular weight excluding hydrogens is 434 g/mol. The van der Waals surface area contributed by atoms with Crippen molar-refractivity contribution < 1.29 is 9.59 Å². The van der Waals surface area contributed by atoms with Crippen LogP contribution in [0.4, 0.5) is 5.69 Å². The molecule has 5 rings (SSSR count). The first-order valence-corrected chi connectivity index (χ1v) is 12.1. The van der Waals surface area contributed by atoms with E-state index in [1.807, 2.05) is 83.8 Å². The van der Waals surface area contributed by atoms with Crippen molar-refractivity contribution in [3.8, 4) is 0 Å². The van der Waals surface area contributed by atoms with Gasteiger partial charge in [0.15, 0.2) is 0 Å². The summed E-state index contributed by atoms with van der Waals surface area (Å²) in [6.45, 7) is 2.89. The number of carbonyl (C=O) groups is 2. The number of hydrogen-bond acceptors (Lipinski definition) is 3. The van der Waals surface area contributed by atoms with Gasteiger partial charge >= 0.3 is 0 Å². The van der Waals surface area contributed by atoms with E-state index >= 15 is 0 Å². The Kier molecular flexibility index (Phi) is 6.87. The molecule has 176 valence electrons. The van der Waals surface area contributed by atoms with Gasteiger partial charge in [-0.2, -0.15) is 0 Å². The Balaban J connectivity index is 1.17. The van der Waals surface area contributed by atoms with Gasteiger partial charge in [-0.3, -0.25) is 14.5 Å². The lowest BCUT2D eigenvalue weighted by Crippen LogP contribution is -2.50. The minimum absolute atomic E-state index is 0.0284. The standard InChI is InChI=1S/C30H29N3O2/c34-29(31-28-16-7-5-12-25(28)21-23-9-2-1-3-10-23)22-32-17-19-33(20-18-32)30(35)27-15-8-13-24-11-4-6-14-26(24)27/h1-16H,17-22H2,(H,31,34). The van der Waals surface area contributed by atoms with Gasteiger partial charge < -0.3 is 10.2 Å². The number of hydrogen-bond donors (Lipinski definition) is 1. The third kappa shape index (κ3) is 5.42. The Morgan fingerprint density at radius 2 is 1.40 bits per heavy atom. The van der Waals surface area contributed by atoms with E-state index in [0.29, 0.717) is 32.7 Å². The molecule has 0 radical (unpaired) electrons. The van der Waals surface area contributed by atoms with E-state index in [-0.39, 0.29) is 11.8 Å². The van der Waals surface area contributed by atoms with E-state index in [0.717, 1.165) is 34.0 Å². The summed E-state index contributed by atoms with van der Waals surface area (Å²) in [5.41, 5.74) is 3.90. The molecule has 5 nitrogen and oxygen atoms in total. The number of carbonyl (C=O) groups excluding carboxylic acids is 2. The van der Waals surface area contributed by atoms with Crippen molar-refractivity contribution in [1.29, 1.82) is 0 Å². The van der Waals surface area contributed by atoms with Crippen LogP contribution in [0.5, 0.6) is 0 Å². The number of para-hydroxylation sites is 1. The van der Waals surface area contributed by atoms with Crippen LogP contribution in [0.15, 0.2) is 97.1 Å². The lowest BCUT2D eigenvalue weighted by molar-refractivity contribution is -0.117. The molecule has 1 fully saturated rings. The van der Waals surface area contributed by atoms with Crippen LogP contribution >= 0.6 is 0 Å². The molecular formula is C30H29N3O2. The van der Waals surface area contributed by atoms with Crippen LogP contribution in [-0.2, 0) is 11.2 Å². The third-order valence-electron chi connectivity index (χ3n) is 6.58. The fourth-order valence-electron chi connectivity index (χ4n) is 4.70. The quantitative estimate of drug-likeness (QED) is 0.446. The number of benzene rings is 4. The van der Waals surface area contributed by atoms with Gasteiger partial charge in [-0.1, -0.05) is 84.9 Å². The third-order valence-corrected chi connectivity index (χ3v) is 6.58. The Hall–Kier alpha value is -3.96. The molecule has 0 spiro atoms. The highest BCUT2D eigenvalue weighted by Crippen LogP contribution is 2.21. The molecule has 0 aliphatic carbocycles. The zero-order valence-electron chi connectivity index (χ0n) is 19.7. The molecule has 0 atom stereocenters. The number of rotatable bonds is 6. The van der Waals surface area contributed by atoms with Crippen molar-refractivity contribution >= 4 is 28.3 Å². The Labute approximate surface area is 206 Å². The zero-order chi connectivity index (χ0) is 24.0. The van der Waals surface area contributed by atoms with E-state index < -0.39 is 0 Å². The minimum atomic E-state index is -0.0284. The van der Waals surface area contributed by atoms with Gasteiger partial charge in [0.2, 0.25) is 5.91 Å². The average Bonchev–Trinajstić information content (AvgIpc) is 2.90. The second-order valence-corrected chi connectivity index (χ2v) is 8.96. The molecule has 0 bridgehead atoms. The maximum Gasteiger partial charge on any atom is 0.254 e. The van der Waals surface area contributed by atoms with E-state index in [1.165, 1.54) is 5.56 Å².